The second-order valence-electron chi connectivity index (χ2n) is 6.60. The molecule has 0 unspecified atom stereocenters. The van der Waals surface area contributed by atoms with E-state index in [-0.39, 0.29) is 11.7 Å². The molecule has 1 N–H and O–H groups in total. The van der Waals surface area contributed by atoms with Crippen LogP contribution in [0.3, 0.4) is 0 Å². The Bertz CT molecular complexity index is 946. The minimum atomic E-state index is -0.295. The molecule has 5 nitrogen and oxygen atoms in total. The van der Waals surface area contributed by atoms with E-state index in [0.29, 0.717) is 42.4 Å². The Morgan fingerprint density at radius 1 is 1.07 bits per heavy atom. The number of amides is 1. The first-order valence-corrected chi connectivity index (χ1v) is 9.15. The highest BCUT2D eigenvalue weighted by molar-refractivity contribution is 5.92. The highest BCUT2D eigenvalue weighted by atomic mass is 19.1. The molecule has 1 aromatic heterocycles. The highest BCUT2D eigenvalue weighted by Gasteiger charge is 2.13. The fourth-order valence-electron chi connectivity index (χ4n) is 2.90. The third-order valence-corrected chi connectivity index (χ3v) is 4.35. The van der Waals surface area contributed by atoms with Crippen molar-refractivity contribution in [3.8, 4) is 0 Å². The molecule has 28 heavy (non-hydrogen) atoms. The molecule has 0 atom stereocenters. The maximum Gasteiger partial charge on any atom is 0.270 e. The van der Waals surface area contributed by atoms with Crippen molar-refractivity contribution in [2.75, 3.05) is 18.5 Å². The molecule has 0 radical (unpaired) electrons. The zero-order valence-electron chi connectivity index (χ0n) is 16.0. The summed E-state index contributed by atoms with van der Waals surface area (Å²) in [5, 5.41) is 2.80. The molecule has 6 heteroatoms. The van der Waals surface area contributed by atoms with E-state index in [4.69, 9.17) is 0 Å². The van der Waals surface area contributed by atoms with Crippen LogP contribution in [0, 0.1) is 12.7 Å². The lowest BCUT2D eigenvalue weighted by Crippen LogP contribution is -2.28. The standard InChI is InChI=1S/C22H23FN4O/c1-16-25-20(22(28)24-13-12-18-10-6-7-11-19(18)23)14-21(26-16)27(2)15-17-8-4-3-5-9-17/h3-11,14H,12-13,15H2,1-2H3,(H,24,28). The van der Waals surface area contributed by atoms with E-state index in [9.17, 15) is 9.18 Å². The normalized spacial score (nSPS) is 10.5. The van der Waals surface area contributed by atoms with Gasteiger partial charge in [0.25, 0.3) is 5.91 Å². The molecular formula is C22H23FN4O. The van der Waals surface area contributed by atoms with Crippen LogP contribution in [-0.4, -0.2) is 29.5 Å². The van der Waals surface area contributed by atoms with Crippen molar-refractivity contribution in [2.24, 2.45) is 0 Å². The molecule has 0 aliphatic carbocycles. The molecule has 0 aliphatic rings. The first-order chi connectivity index (χ1) is 13.5. The van der Waals surface area contributed by atoms with Crippen LogP contribution in [-0.2, 0) is 13.0 Å². The number of nitrogens with one attached hydrogen (secondary N) is 1. The number of carbonyl (C=O) groups is 1. The van der Waals surface area contributed by atoms with Crippen molar-refractivity contribution in [3.63, 3.8) is 0 Å². The smallest absolute Gasteiger partial charge is 0.270 e. The number of carbonyl (C=O) groups excluding carboxylic acids is 1. The predicted octanol–water partition coefficient (Wildman–Crippen LogP) is 3.53. The number of halogens is 1. The summed E-state index contributed by atoms with van der Waals surface area (Å²) in [4.78, 5) is 23.1. The molecular weight excluding hydrogens is 355 g/mol. The number of anilines is 1. The third kappa shape index (κ3) is 5.13. The Morgan fingerprint density at radius 3 is 2.54 bits per heavy atom. The van der Waals surface area contributed by atoms with Crippen LogP contribution in [0.4, 0.5) is 10.2 Å². The van der Waals surface area contributed by atoms with Crippen LogP contribution in [0.25, 0.3) is 0 Å². The number of aryl methyl sites for hydroxylation is 1. The predicted molar refractivity (Wildman–Crippen MR) is 108 cm³/mol. The van der Waals surface area contributed by atoms with Crippen LogP contribution in [0.1, 0.15) is 27.4 Å². The lowest BCUT2D eigenvalue weighted by molar-refractivity contribution is 0.0948. The molecule has 0 bridgehead atoms. The van der Waals surface area contributed by atoms with Gasteiger partial charge in [0.05, 0.1) is 0 Å². The molecule has 0 aliphatic heterocycles. The van der Waals surface area contributed by atoms with Crippen molar-refractivity contribution < 1.29 is 9.18 Å². The molecule has 1 amide bonds. The van der Waals surface area contributed by atoms with E-state index in [0.717, 1.165) is 5.56 Å². The van der Waals surface area contributed by atoms with Gasteiger partial charge in [-0.2, -0.15) is 0 Å². The third-order valence-electron chi connectivity index (χ3n) is 4.35. The Kier molecular flexibility index (Phi) is 6.32. The van der Waals surface area contributed by atoms with Crippen LogP contribution in [0.15, 0.2) is 60.7 Å². The number of hydrogen-bond donors (Lipinski definition) is 1. The molecule has 144 valence electrons. The topological polar surface area (TPSA) is 58.1 Å². The zero-order valence-corrected chi connectivity index (χ0v) is 16.0. The van der Waals surface area contributed by atoms with Gasteiger partial charge in [-0.3, -0.25) is 4.79 Å². The average Bonchev–Trinajstić information content (AvgIpc) is 2.69. The summed E-state index contributed by atoms with van der Waals surface area (Å²) >= 11 is 0. The van der Waals surface area contributed by atoms with Crippen molar-refractivity contribution in [1.29, 1.82) is 0 Å². The molecule has 0 fully saturated rings. The number of aromatic nitrogens is 2. The van der Waals surface area contributed by atoms with Gasteiger partial charge in [0.2, 0.25) is 0 Å². The maximum atomic E-state index is 13.7. The minimum absolute atomic E-state index is 0.264. The Labute approximate surface area is 164 Å². The molecule has 3 rings (SSSR count). The summed E-state index contributed by atoms with van der Waals surface area (Å²) < 4.78 is 13.7. The molecule has 0 saturated heterocycles. The van der Waals surface area contributed by atoms with E-state index in [1.54, 1.807) is 31.2 Å². The van der Waals surface area contributed by atoms with Gasteiger partial charge in [-0.15, -0.1) is 0 Å². The minimum Gasteiger partial charge on any atom is -0.355 e. The van der Waals surface area contributed by atoms with E-state index >= 15 is 0 Å². The van der Waals surface area contributed by atoms with Crippen molar-refractivity contribution in [1.82, 2.24) is 15.3 Å². The lowest BCUT2D eigenvalue weighted by Gasteiger charge is -2.19. The quantitative estimate of drug-likeness (QED) is 0.683. The van der Waals surface area contributed by atoms with Gasteiger partial charge in [-0.25, -0.2) is 14.4 Å². The van der Waals surface area contributed by atoms with Gasteiger partial charge >= 0.3 is 0 Å². The number of benzene rings is 2. The van der Waals surface area contributed by atoms with Crippen LogP contribution in [0.5, 0.6) is 0 Å². The second kappa shape index (κ2) is 9.08. The molecule has 0 spiro atoms. The number of nitrogens with zero attached hydrogens (tertiary/aromatic N) is 3. The lowest BCUT2D eigenvalue weighted by atomic mass is 10.1. The Balaban J connectivity index is 1.65. The van der Waals surface area contributed by atoms with Crippen molar-refractivity contribution in [2.45, 2.75) is 19.9 Å². The Hall–Kier alpha value is -3.28. The fourth-order valence-corrected chi connectivity index (χ4v) is 2.90. The van der Waals surface area contributed by atoms with Gasteiger partial charge in [0.15, 0.2) is 0 Å². The van der Waals surface area contributed by atoms with Gasteiger partial charge in [-0.1, -0.05) is 48.5 Å². The van der Waals surface area contributed by atoms with E-state index < -0.39 is 0 Å². The number of rotatable bonds is 7. The summed E-state index contributed by atoms with van der Waals surface area (Å²) in [7, 11) is 1.93. The van der Waals surface area contributed by atoms with Crippen LogP contribution >= 0.6 is 0 Å². The monoisotopic (exact) mass is 378 g/mol. The fraction of sp³-hybridized carbons (Fsp3) is 0.227. The summed E-state index contributed by atoms with van der Waals surface area (Å²) in [5.41, 5.74) is 2.03. The summed E-state index contributed by atoms with van der Waals surface area (Å²) in [6, 6.07) is 18.3. The van der Waals surface area contributed by atoms with Gasteiger partial charge in [0.1, 0.15) is 23.2 Å². The summed E-state index contributed by atoms with van der Waals surface area (Å²) in [6.45, 7) is 2.76. The first kappa shape index (κ1) is 19.5. The summed E-state index contributed by atoms with van der Waals surface area (Å²) in [6.07, 6.45) is 0.420. The Morgan fingerprint density at radius 2 is 1.79 bits per heavy atom. The van der Waals surface area contributed by atoms with Gasteiger partial charge < -0.3 is 10.2 Å². The molecule has 1 heterocycles. The van der Waals surface area contributed by atoms with E-state index in [2.05, 4.69) is 15.3 Å². The first-order valence-electron chi connectivity index (χ1n) is 9.15. The number of hydrogen-bond acceptors (Lipinski definition) is 4. The zero-order chi connectivity index (χ0) is 19.9. The summed E-state index contributed by atoms with van der Waals surface area (Å²) in [5.74, 6) is 0.642. The highest BCUT2D eigenvalue weighted by Crippen LogP contribution is 2.14. The maximum absolute atomic E-state index is 13.7. The van der Waals surface area contributed by atoms with Gasteiger partial charge in [-0.05, 0) is 30.5 Å². The second-order valence-corrected chi connectivity index (χ2v) is 6.60. The molecule has 2 aromatic carbocycles. The van der Waals surface area contributed by atoms with Crippen molar-refractivity contribution >= 4 is 11.7 Å². The molecule has 0 saturated carbocycles. The van der Waals surface area contributed by atoms with E-state index in [1.807, 2.05) is 42.3 Å². The van der Waals surface area contributed by atoms with Gasteiger partial charge in [0, 0.05) is 26.2 Å². The SMILES string of the molecule is Cc1nc(C(=O)NCCc2ccccc2F)cc(N(C)Cc2ccccc2)n1. The average molecular weight is 378 g/mol. The van der Waals surface area contributed by atoms with Crippen molar-refractivity contribution in [3.05, 3.63) is 89.1 Å². The largest absolute Gasteiger partial charge is 0.355 e. The van der Waals surface area contributed by atoms with E-state index in [1.165, 1.54) is 6.07 Å². The van der Waals surface area contributed by atoms with Crippen LogP contribution < -0.4 is 10.2 Å². The van der Waals surface area contributed by atoms with Crippen LogP contribution in [0.2, 0.25) is 0 Å². The molecule has 3 aromatic rings.